The predicted octanol–water partition coefficient (Wildman–Crippen LogP) is 1.97. The Morgan fingerprint density at radius 3 is 2.75 bits per heavy atom. The van der Waals surface area contributed by atoms with Gasteiger partial charge in [0, 0.05) is 17.9 Å². The molecular formula is C12H19NO3. The van der Waals surface area contributed by atoms with Crippen LogP contribution in [0.5, 0.6) is 0 Å². The van der Waals surface area contributed by atoms with Crippen molar-refractivity contribution in [3.8, 4) is 0 Å². The van der Waals surface area contributed by atoms with E-state index in [2.05, 4.69) is 0 Å². The third-order valence-corrected chi connectivity index (χ3v) is 3.49. The van der Waals surface area contributed by atoms with Crippen molar-refractivity contribution in [2.45, 2.75) is 52.1 Å². The van der Waals surface area contributed by atoms with Crippen LogP contribution in [0.15, 0.2) is 0 Å². The van der Waals surface area contributed by atoms with Crippen molar-refractivity contribution in [2.75, 3.05) is 6.61 Å². The first-order valence-corrected chi connectivity index (χ1v) is 5.88. The van der Waals surface area contributed by atoms with E-state index in [0.717, 1.165) is 12.8 Å². The second kappa shape index (κ2) is 3.75. The number of nitrogens with zero attached hydrogens (tertiary/aromatic N) is 1. The van der Waals surface area contributed by atoms with E-state index in [1.165, 1.54) is 0 Å². The van der Waals surface area contributed by atoms with Crippen LogP contribution in [-0.2, 0) is 9.53 Å². The molecule has 0 aliphatic carbocycles. The van der Waals surface area contributed by atoms with Crippen molar-refractivity contribution in [1.82, 2.24) is 4.90 Å². The van der Waals surface area contributed by atoms with Crippen LogP contribution in [0, 0.1) is 5.41 Å². The molecule has 0 N–H and O–H groups in total. The Morgan fingerprint density at radius 1 is 1.44 bits per heavy atom. The summed E-state index contributed by atoms with van der Waals surface area (Å²) in [5.41, 5.74) is -0.318. The van der Waals surface area contributed by atoms with E-state index < -0.39 is 0 Å². The van der Waals surface area contributed by atoms with E-state index >= 15 is 0 Å². The van der Waals surface area contributed by atoms with Gasteiger partial charge in [0.25, 0.3) is 0 Å². The Labute approximate surface area is 95.9 Å². The van der Waals surface area contributed by atoms with Crippen LogP contribution in [-0.4, -0.2) is 35.5 Å². The van der Waals surface area contributed by atoms with Gasteiger partial charge in [-0.1, -0.05) is 20.8 Å². The van der Waals surface area contributed by atoms with E-state index in [1.54, 1.807) is 4.90 Å². The maximum atomic E-state index is 11.9. The molecule has 0 radical (unpaired) electrons. The molecule has 0 aromatic carbocycles. The van der Waals surface area contributed by atoms with E-state index in [-0.39, 0.29) is 29.4 Å². The first-order valence-electron chi connectivity index (χ1n) is 5.88. The molecule has 1 amide bonds. The van der Waals surface area contributed by atoms with Crippen LogP contribution in [0.4, 0.5) is 4.79 Å². The molecule has 90 valence electrons. The molecule has 0 spiro atoms. The van der Waals surface area contributed by atoms with E-state index in [4.69, 9.17) is 4.74 Å². The third kappa shape index (κ3) is 1.93. The fourth-order valence-electron chi connectivity index (χ4n) is 2.39. The fraction of sp³-hybridized carbons (Fsp3) is 0.833. The van der Waals surface area contributed by atoms with E-state index in [0.29, 0.717) is 13.0 Å². The molecule has 0 saturated carbocycles. The van der Waals surface area contributed by atoms with Gasteiger partial charge in [0.1, 0.15) is 12.4 Å². The Kier molecular flexibility index (Phi) is 2.68. The second-order valence-corrected chi connectivity index (χ2v) is 5.75. The molecule has 4 nitrogen and oxygen atoms in total. The standard InChI is InChI=1S/C12H19NO3/c1-12(2,3)10(14)6-8-4-5-9-7-16-11(15)13(8)9/h8-9H,4-7H2,1-3H3/t8?,9-/m0/s1. The Hall–Kier alpha value is -1.06. The Morgan fingerprint density at radius 2 is 2.12 bits per heavy atom. The number of cyclic esters (lactones) is 1. The Bertz CT molecular complexity index is 319. The van der Waals surface area contributed by atoms with E-state index in [1.807, 2.05) is 20.8 Å². The highest BCUT2D eigenvalue weighted by molar-refractivity contribution is 5.85. The largest absolute Gasteiger partial charge is 0.447 e. The molecule has 2 fully saturated rings. The average Bonchev–Trinajstić information content (AvgIpc) is 2.70. The number of rotatable bonds is 2. The summed E-state index contributed by atoms with van der Waals surface area (Å²) < 4.78 is 4.99. The molecule has 0 aromatic rings. The molecule has 2 aliphatic rings. The van der Waals surface area contributed by atoms with Gasteiger partial charge < -0.3 is 4.74 Å². The fourth-order valence-corrected chi connectivity index (χ4v) is 2.39. The lowest BCUT2D eigenvalue weighted by Crippen LogP contribution is -2.38. The van der Waals surface area contributed by atoms with Gasteiger partial charge in [0.15, 0.2) is 0 Å². The summed E-state index contributed by atoms with van der Waals surface area (Å²) in [6.45, 7) is 6.26. The molecule has 2 rings (SSSR count). The molecule has 2 saturated heterocycles. The number of fused-ring (bicyclic) bond motifs is 1. The zero-order valence-electron chi connectivity index (χ0n) is 10.2. The number of hydrogen-bond acceptors (Lipinski definition) is 3. The van der Waals surface area contributed by atoms with Crippen molar-refractivity contribution in [2.24, 2.45) is 5.41 Å². The summed E-state index contributed by atoms with van der Waals surface area (Å²) in [5.74, 6) is 0.220. The molecular weight excluding hydrogens is 206 g/mol. The maximum Gasteiger partial charge on any atom is 0.410 e. The lowest BCUT2D eigenvalue weighted by molar-refractivity contribution is -0.127. The molecule has 4 heteroatoms. The zero-order chi connectivity index (χ0) is 11.9. The van der Waals surface area contributed by atoms with Crippen molar-refractivity contribution >= 4 is 11.9 Å². The average molecular weight is 225 g/mol. The number of carbonyl (C=O) groups is 2. The van der Waals surface area contributed by atoms with Crippen LogP contribution in [0.3, 0.4) is 0 Å². The molecule has 0 bridgehead atoms. The summed E-state index contributed by atoms with van der Waals surface area (Å²) in [5, 5.41) is 0. The number of amides is 1. The predicted molar refractivity (Wildman–Crippen MR) is 59.1 cm³/mol. The summed E-state index contributed by atoms with van der Waals surface area (Å²) >= 11 is 0. The minimum atomic E-state index is -0.318. The minimum Gasteiger partial charge on any atom is -0.447 e. The highest BCUT2D eigenvalue weighted by atomic mass is 16.6. The lowest BCUT2D eigenvalue weighted by Gasteiger charge is -2.24. The minimum absolute atomic E-state index is 0.0618. The van der Waals surface area contributed by atoms with Crippen LogP contribution in [0.1, 0.15) is 40.0 Å². The molecule has 16 heavy (non-hydrogen) atoms. The summed E-state index contributed by atoms with van der Waals surface area (Å²) in [4.78, 5) is 25.2. The van der Waals surface area contributed by atoms with Crippen LogP contribution in [0.25, 0.3) is 0 Å². The number of Topliss-reactive ketones (excluding diaryl/α,β-unsaturated/α-hetero) is 1. The SMILES string of the molecule is CC(C)(C)C(=O)CC1CC[C@H]2COC(=O)N12. The molecule has 2 aliphatic heterocycles. The van der Waals surface area contributed by atoms with E-state index in [9.17, 15) is 9.59 Å². The molecule has 1 unspecified atom stereocenters. The molecule has 2 heterocycles. The van der Waals surface area contributed by atoms with Gasteiger partial charge in [-0.3, -0.25) is 9.69 Å². The summed E-state index contributed by atoms with van der Waals surface area (Å²) in [7, 11) is 0. The topological polar surface area (TPSA) is 46.6 Å². The Balaban J connectivity index is 2.01. The van der Waals surface area contributed by atoms with Crippen molar-refractivity contribution in [1.29, 1.82) is 0 Å². The summed E-state index contributed by atoms with van der Waals surface area (Å²) in [6.07, 6.45) is 2.12. The number of ketones is 1. The highest BCUT2D eigenvalue weighted by Gasteiger charge is 2.44. The number of hydrogen-bond donors (Lipinski definition) is 0. The zero-order valence-corrected chi connectivity index (χ0v) is 10.2. The smallest absolute Gasteiger partial charge is 0.410 e. The third-order valence-electron chi connectivity index (χ3n) is 3.49. The van der Waals surface area contributed by atoms with Crippen LogP contribution < -0.4 is 0 Å². The highest BCUT2D eigenvalue weighted by Crippen LogP contribution is 2.33. The van der Waals surface area contributed by atoms with Crippen molar-refractivity contribution in [3.05, 3.63) is 0 Å². The van der Waals surface area contributed by atoms with Gasteiger partial charge in [-0.15, -0.1) is 0 Å². The first-order chi connectivity index (χ1) is 7.39. The van der Waals surface area contributed by atoms with Crippen molar-refractivity contribution < 1.29 is 14.3 Å². The van der Waals surface area contributed by atoms with Crippen molar-refractivity contribution in [3.63, 3.8) is 0 Å². The number of ether oxygens (including phenoxy) is 1. The van der Waals surface area contributed by atoms with Gasteiger partial charge in [-0.25, -0.2) is 4.79 Å². The first kappa shape index (κ1) is 11.4. The van der Waals surface area contributed by atoms with Gasteiger partial charge in [-0.05, 0) is 12.8 Å². The lowest BCUT2D eigenvalue weighted by atomic mass is 9.86. The van der Waals surface area contributed by atoms with Crippen LogP contribution in [0.2, 0.25) is 0 Å². The van der Waals surface area contributed by atoms with Gasteiger partial charge in [0.05, 0.1) is 6.04 Å². The van der Waals surface area contributed by atoms with Gasteiger partial charge >= 0.3 is 6.09 Å². The molecule has 0 aromatic heterocycles. The maximum absolute atomic E-state index is 11.9. The quantitative estimate of drug-likeness (QED) is 0.722. The second-order valence-electron chi connectivity index (χ2n) is 5.75. The van der Waals surface area contributed by atoms with Gasteiger partial charge in [-0.2, -0.15) is 0 Å². The normalized spacial score (nSPS) is 29.2. The monoisotopic (exact) mass is 225 g/mol. The number of carbonyl (C=O) groups excluding carboxylic acids is 2. The summed E-state index contributed by atoms with van der Waals surface area (Å²) in [6, 6.07) is 0.275. The van der Waals surface area contributed by atoms with Crippen LogP contribution >= 0.6 is 0 Å². The molecule has 2 atom stereocenters. The van der Waals surface area contributed by atoms with Gasteiger partial charge in [0.2, 0.25) is 0 Å².